The first kappa shape index (κ1) is 9.51. The van der Waals surface area contributed by atoms with E-state index in [0.717, 1.165) is 0 Å². The van der Waals surface area contributed by atoms with Gasteiger partial charge in [0.05, 0.1) is 21.1 Å². The maximum Gasteiger partial charge on any atom is 0.164 e. The van der Waals surface area contributed by atoms with Crippen LogP contribution in [0.15, 0.2) is 0 Å². The molecule has 1 N–H and O–H groups in total. The first-order valence-electron chi connectivity index (χ1n) is 1.51. The quantitative estimate of drug-likeness (QED) is 0.423. The summed E-state index contributed by atoms with van der Waals surface area (Å²) in [4.78, 5) is 0. The van der Waals surface area contributed by atoms with Crippen molar-refractivity contribution in [2.24, 2.45) is 0 Å². The van der Waals surface area contributed by atoms with Gasteiger partial charge in [-0.25, -0.2) is 4.00 Å². The Balaban J connectivity index is 0. The van der Waals surface area contributed by atoms with Gasteiger partial charge >= 0.3 is 0 Å². The fourth-order valence-electron chi connectivity index (χ4n) is 0. The van der Waals surface area contributed by atoms with E-state index in [9.17, 15) is 0 Å². The van der Waals surface area contributed by atoms with Crippen molar-refractivity contribution in [1.82, 2.24) is 0 Å². The van der Waals surface area contributed by atoms with E-state index in [2.05, 4.69) is 0 Å². The molecule has 0 saturated carbocycles. The first-order valence-corrected chi connectivity index (χ1v) is 1.85. The topological polar surface area (TPSA) is 30.0 Å². The molecular formula is C3H10ClNO. The summed E-state index contributed by atoms with van der Waals surface area (Å²) >= 11 is 5.47. The predicted molar refractivity (Wildman–Crippen MR) is 25.8 cm³/mol. The van der Waals surface area contributed by atoms with Gasteiger partial charge in [0, 0.05) is 0 Å². The zero-order chi connectivity index (χ0) is 4.50. The zero-order valence-electron chi connectivity index (χ0n) is 4.27. The largest absolute Gasteiger partial charge is 0.870 e. The van der Waals surface area contributed by atoms with Crippen molar-refractivity contribution < 1.29 is 9.48 Å². The number of nitrogens with zero attached hydrogens (tertiary/aromatic N) is 1. The highest BCUT2D eigenvalue weighted by Crippen LogP contribution is 1.91. The van der Waals surface area contributed by atoms with Crippen molar-refractivity contribution in [3.63, 3.8) is 0 Å². The van der Waals surface area contributed by atoms with Crippen LogP contribution in [0.1, 0.15) is 0 Å². The van der Waals surface area contributed by atoms with Crippen molar-refractivity contribution in [2.45, 2.75) is 0 Å². The Morgan fingerprint density at radius 2 is 1.17 bits per heavy atom. The van der Waals surface area contributed by atoms with Gasteiger partial charge in [-0.3, -0.25) is 0 Å². The molecule has 0 amide bonds. The van der Waals surface area contributed by atoms with Crippen molar-refractivity contribution >= 4 is 11.8 Å². The molecule has 0 heterocycles. The van der Waals surface area contributed by atoms with E-state index in [1.165, 1.54) is 0 Å². The lowest BCUT2D eigenvalue weighted by atomic mass is 11.0. The molecule has 2 nitrogen and oxygen atoms in total. The molecule has 0 spiro atoms. The molecule has 0 saturated heterocycles. The Morgan fingerprint density at radius 3 is 1.17 bits per heavy atom. The molecular weight excluding hydrogens is 101 g/mol. The molecule has 0 aromatic carbocycles. The average molecular weight is 112 g/mol. The van der Waals surface area contributed by atoms with E-state index in [4.69, 9.17) is 11.8 Å². The minimum Gasteiger partial charge on any atom is -0.870 e. The molecule has 0 aromatic heterocycles. The molecule has 0 bridgehead atoms. The number of quaternary nitrogens is 1. The zero-order valence-corrected chi connectivity index (χ0v) is 5.03. The van der Waals surface area contributed by atoms with E-state index >= 15 is 0 Å². The lowest BCUT2D eigenvalue weighted by Crippen LogP contribution is -2.19. The molecule has 40 valence electrons. The second kappa shape index (κ2) is 2.39. The standard InChI is InChI=1S/C3H9ClN.H2O/c1-5(2,3)4;/h1-3H3;1H2/q+1;/p-1. The average Bonchev–Trinajstić information content (AvgIpc) is 0.722. The van der Waals surface area contributed by atoms with Gasteiger partial charge in [-0.15, -0.1) is 0 Å². The van der Waals surface area contributed by atoms with E-state index in [1.807, 2.05) is 21.1 Å². The number of hydrogen-bond acceptors (Lipinski definition) is 1. The monoisotopic (exact) mass is 111 g/mol. The Labute approximate surface area is 43.3 Å². The van der Waals surface area contributed by atoms with Crippen molar-refractivity contribution in [3.05, 3.63) is 0 Å². The molecule has 0 aliphatic carbocycles. The second-order valence-corrected chi connectivity index (χ2v) is 2.86. The third kappa shape index (κ3) is 984. The van der Waals surface area contributed by atoms with Crippen LogP contribution >= 0.6 is 11.8 Å². The Hall–Kier alpha value is 0.210. The minimum atomic E-state index is 0. The molecule has 0 rings (SSSR count). The number of halogens is 1. The van der Waals surface area contributed by atoms with E-state index in [0.29, 0.717) is 4.00 Å². The van der Waals surface area contributed by atoms with Gasteiger partial charge in [0.1, 0.15) is 0 Å². The summed E-state index contributed by atoms with van der Waals surface area (Å²) in [5.74, 6) is 0. The van der Waals surface area contributed by atoms with Crippen LogP contribution in [0.3, 0.4) is 0 Å². The maximum absolute atomic E-state index is 5.47. The van der Waals surface area contributed by atoms with E-state index < -0.39 is 0 Å². The normalized spacial score (nSPS) is 10.0. The highest BCUT2D eigenvalue weighted by molar-refractivity contribution is 6.06. The molecule has 0 aliphatic heterocycles. The number of rotatable bonds is 0. The SMILES string of the molecule is C[N+](C)(C)Cl.[OH-]. The van der Waals surface area contributed by atoms with Gasteiger partial charge < -0.3 is 5.48 Å². The van der Waals surface area contributed by atoms with Crippen LogP contribution in [0.2, 0.25) is 0 Å². The summed E-state index contributed by atoms with van der Waals surface area (Å²) in [7, 11) is 5.67. The molecule has 3 heteroatoms. The maximum atomic E-state index is 5.47. The van der Waals surface area contributed by atoms with Gasteiger partial charge in [0.2, 0.25) is 0 Å². The van der Waals surface area contributed by atoms with Crippen LogP contribution in [-0.2, 0) is 0 Å². The van der Waals surface area contributed by atoms with E-state index in [1.54, 1.807) is 0 Å². The summed E-state index contributed by atoms with van der Waals surface area (Å²) in [5.41, 5.74) is 0. The molecule has 0 aromatic rings. The van der Waals surface area contributed by atoms with Crippen molar-refractivity contribution in [3.8, 4) is 0 Å². The number of hydrogen-bond donors (Lipinski definition) is 0. The fraction of sp³-hybridized carbons (Fsp3) is 1.00. The Kier molecular flexibility index (Phi) is 3.80. The van der Waals surface area contributed by atoms with Crippen LogP contribution in [0, 0.1) is 0 Å². The smallest absolute Gasteiger partial charge is 0.164 e. The Bertz CT molecular complexity index is 26.3. The Morgan fingerprint density at radius 1 is 1.17 bits per heavy atom. The van der Waals surface area contributed by atoms with Crippen LogP contribution in [0.25, 0.3) is 0 Å². The summed E-state index contributed by atoms with van der Waals surface area (Å²) in [6, 6.07) is 0. The molecule has 6 heavy (non-hydrogen) atoms. The molecule has 0 unspecified atom stereocenters. The van der Waals surface area contributed by atoms with Crippen LogP contribution in [-0.4, -0.2) is 30.6 Å². The summed E-state index contributed by atoms with van der Waals surface area (Å²) in [6.45, 7) is 0. The van der Waals surface area contributed by atoms with E-state index in [-0.39, 0.29) is 5.48 Å². The lowest BCUT2D eigenvalue weighted by molar-refractivity contribution is -0.747. The summed E-state index contributed by atoms with van der Waals surface area (Å²) in [5, 5.41) is 0. The van der Waals surface area contributed by atoms with Crippen LogP contribution < -0.4 is 0 Å². The molecule has 0 aliphatic rings. The minimum absolute atomic E-state index is 0. The highest BCUT2D eigenvalue weighted by Gasteiger charge is 1.95. The van der Waals surface area contributed by atoms with Crippen molar-refractivity contribution in [2.75, 3.05) is 21.1 Å². The van der Waals surface area contributed by atoms with Gasteiger partial charge in [0.25, 0.3) is 0 Å². The van der Waals surface area contributed by atoms with Gasteiger partial charge in [0.15, 0.2) is 11.8 Å². The molecule has 0 atom stereocenters. The highest BCUT2D eigenvalue weighted by atomic mass is 35.5. The van der Waals surface area contributed by atoms with Crippen molar-refractivity contribution in [1.29, 1.82) is 0 Å². The second-order valence-electron chi connectivity index (χ2n) is 1.85. The first-order chi connectivity index (χ1) is 2.00. The summed E-state index contributed by atoms with van der Waals surface area (Å²) in [6.07, 6.45) is 0. The van der Waals surface area contributed by atoms with Gasteiger partial charge in [-0.1, -0.05) is 0 Å². The molecule has 0 fully saturated rings. The van der Waals surface area contributed by atoms with Gasteiger partial charge in [-0.2, -0.15) is 0 Å². The molecule has 0 radical (unpaired) electrons. The predicted octanol–water partition coefficient (Wildman–Crippen LogP) is 0.670. The lowest BCUT2D eigenvalue weighted by Gasteiger charge is -2.07. The van der Waals surface area contributed by atoms with Crippen LogP contribution in [0.5, 0.6) is 0 Å². The third-order valence-electron chi connectivity index (χ3n) is 0. The summed E-state index contributed by atoms with van der Waals surface area (Å²) < 4.78 is 0.472. The third-order valence-corrected chi connectivity index (χ3v) is 0. The fourth-order valence-corrected chi connectivity index (χ4v) is 0. The van der Waals surface area contributed by atoms with Crippen LogP contribution in [0.4, 0.5) is 0 Å². The van der Waals surface area contributed by atoms with Gasteiger partial charge in [-0.05, 0) is 0 Å².